The van der Waals surface area contributed by atoms with Crippen LogP contribution in [0.1, 0.15) is 65.2 Å². The van der Waals surface area contributed by atoms with E-state index in [9.17, 15) is 30.0 Å². The number of rotatable bonds is 4. The number of benzene rings is 4. The van der Waals surface area contributed by atoms with Crippen LogP contribution in [0.3, 0.4) is 0 Å². The second kappa shape index (κ2) is 10.6. The van der Waals surface area contributed by atoms with E-state index in [4.69, 9.17) is 23.7 Å². The van der Waals surface area contributed by atoms with Crippen molar-refractivity contribution in [3.8, 4) is 57.5 Å². The van der Waals surface area contributed by atoms with Gasteiger partial charge in [0.15, 0.2) is 34.5 Å². The Balaban J connectivity index is 1.39. The number of carbonyl (C=O) groups is 2. The highest BCUT2D eigenvalue weighted by Crippen LogP contribution is 2.50. The van der Waals surface area contributed by atoms with E-state index in [0.717, 1.165) is 0 Å². The first-order valence-corrected chi connectivity index (χ1v) is 14.0. The van der Waals surface area contributed by atoms with Gasteiger partial charge in [0.2, 0.25) is 0 Å². The highest BCUT2D eigenvalue weighted by Gasteiger charge is 2.34. The lowest BCUT2D eigenvalue weighted by Crippen LogP contribution is -2.12. The minimum absolute atomic E-state index is 0.0241. The van der Waals surface area contributed by atoms with Gasteiger partial charge in [0.1, 0.15) is 34.1 Å². The first kappa shape index (κ1) is 29.6. The molecule has 0 aliphatic carbocycles. The Hall–Kier alpha value is -5.42. The summed E-state index contributed by atoms with van der Waals surface area (Å²) in [6, 6.07) is 5.75. The highest BCUT2D eigenvalue weighted by molar-refractivity contribution is 5.99. The van der Waals surface area contributed by atoms with Gasteiger partial charge in [-0.15, -0.1) is 0 Å². The Labute approximate surface area is 257 Å². The van der Waals surface area contributed by atoms with Crippen molar-refractivity contribution in [2.24, 2.45) is 0 Å². The number of aromatic hydroxyl groups is 4. The predicted molar refractivity (Wildman–Crippen MR) is 159 cm³/mol. The summed E-state index contributed by atoms with van der Waals surface area (Å²) in [5.74, 6) is -1.44. The maximum absolute atomic E-state index is 13.3. The SMILES string of the molecule is Cc1cc(O)c(C)c2c1Oc1c(COCc3c(O)cc(C)c4c3Oc3c(C)cc(O)c(C)c3OC4=O)c(O)cc(C)c1C(=O)O2. The molecule has 0 aromatic heterocycles. The zero-order valence-corrected chi connectivity index (χ0v) is 25.4. The van der Waals surface area contributed by atoms with Gasteiger partial charge >= 0.3 is 11.9 Å². The van der Waals surface area contributed by atoms with Crippen LogP contribution in [-0.2, 0) is 18.0 Å². The first-order chi connectivity index (χ1) is 21.3. The second-order valence-corrected chi connectivity index (χ2v) is 11.3. The van der Waals surface area contributed by atoms with Gasteiger partial charge in [0.25, 0.3) is 0 Å². The first-order valence-electron chi connectivity index (χ1n) is 14.0. The van der Waals surface area contributed by atoms with Crippen molar-refractivity contribution in [1.29, 1.82) is 0 Å². The molecule has 0 saturated carbocycles. The number of aryl methyl sites for hydroxylation is 4. The number of phenols is 4. The molecule has 4 aromatic carbocycles. The van der Waals surface area contributed by atoms with Crippen molar-refractivity contribution in [3.63, 3.8) is 0 Å². The van der Waals surface area contributed by atoms with E-state index in [1.54, 1.807) is 41.5 Å². The third kappa shape index (κ3) is 4.72. The van der Waals surface area contributed by atoms with Gasteiger partial charge in [-0.05, 0) is 88.1 Å². The number of phenolic OH excluding ortho intramolecular Hbond substituents is 4. The molecule has 11 nitrogen and oxygen atoms in total. The topological polar surface area (TPSA) is 161 Å². The summed E-state index contributed by atoms with van der Waals surface area (Å²) < 4.78 is 29.7. The molecule has 2 aliphatic heterocycles. The molecule has 45 heavy (non-hydrogen) atoms. The summed E-state index contributed by atoms with van der Waals surface area (Å²) in [5.41, 5.74) is 2.83. The van der Waals surface area contributed by atoms with Crippen LogP contribution in [0.5, 0.6) is 57.5 Å². The zero-order chi connectivity index (χ0) is 32.5. The van der Waals surface area contributed by atoms with Gasteiger partial charge in [-0.2, -0.15) is 0 Å². The fraction of sp³-hybridized carbons (Fsp3) is 0.235. The van der Waals surface area contributed by atoms with Crippen molar-refractivity contribution in [2.45, 2.75) is 54.8 Å². The quantitative estimate of drug-likeness (QED) is 0.143. The third-order valence-corrected chi connectivity index (χ3v) is 8.10. The molecule has 0 spiro atoms. The molecule has 4 N–H and O–H groups in total. The fourth-order valence-electron chi connectivity index (χ4n) is 5.57. The number of esters is 2. The average molecular weight is 615 g/mol. The van der Waals surface area contributed by atoms with Crippen molar-refractivity contribution >= 4 is 11.9 Å². The number of carbonyl (C=O) groups excluding carboxylic acids is 2. The lowest BCUT2D eigenvalue weighted by Gasteiger charge is -2.19. The predicted octanol–water partition coefficient (Wildman–Crippen LogP) is 6.73. The number of hydrogen-bond donors (Lipinski definition) is 4. The molecule has 0 unspecified atom stereocenters. The Kier molecular flexibility index (Phi) is 7.00. The van der Waals surface area contributed by atoms with E-state index in [1.807, 2.05) is 0 Å². The van der Waals surface area contributed by atoms with Crippen LogP contribution in [0.25, 0.3) is 0 Å². The van der Waals surface area contributed by atoms with E-state index in [-0.39, 0.29) is 93.0 Å². The van der Waals surface area contributed by atoms with Gasteiger partial charge in [-0.25, -0.2) is 9.59 Å². The molecule has 4 aromatic rings. The van der Waals surface area contributed by atoms with Gasteiger partial charge in [-0.3, -0.25) is 0 Å². The molecule has 0 saturated heterocycles. The van der Waals surface area contributed by atoms with Crippen molar-refractivity contribution in [3.05, 3.63) is 79.9 Å². The Morgan fingerprint density at radius 2 is 0.844 bits per heavy atom. The van der Waals surface area contributed by atoms with E-state index < -0.39 is 11.9 Å². The summed E-state index contributed by atoms with van der Waals surface area (Å²) in [6.07, 6.45) is 0. The van der Waals surface area contributed by atoms with E-state index >= 15 is 0 Å². The molecule has 6 rings (SSSR count). The minimum atomic E-state index is -0.737. The smallest absolute Gasteiger partial charge is 0.347 e. The molecule has 0 radical (unpaired) electrons. The van der Waals surface area contributed by atoms with Crippen molar-refractivity contribution < 1.29 is 53.7 Å². The Morgan fingerprint density at radius 1 is 0.489 bits per heavy atom. The summed E-state index contributed by atoms with van der Waals surface area (Å²) in [4.78, 5) is 26.6. The van der Waals surface area contributed by atoms with Gasteiger partial charge in [0.05, 0.1) is 24.3 Å². The van der Waals surface area contributed by atoms with E-state index in [2.05, 4.69) is 0 Å². The fourth-order valence-corrected chi connectivity index (χ4v) is 5.57. The van der Waals surface area contributed by atoms with Crippen molar-refractivity contribution in [2.75, 3.05) is 0 Å². The molecule has 0 bridgehead atoms. The van der Waals surface area contributed by atoms with E-state index in [1.165, 1.54) is 24.3 Å². The normalized spacial score (nSPS) is 13.2. The monoisotopic (exact) mass is 614 g/mol. The highest BCUT2D eigenvalue weighted by atomic mass is 16.6. The largest absolute Gasteiger partial charge is 0.508 e. The lowest BCUT2D eigenvalue weighted by molar-refractivity contribution is 0.0725. The number of hydrogen-bond acceptors (Lipinski definition) is 11. The van der Waals surface area contributed by atoms with Crippen LogP contribution >= 0.6 is 0 Å². The molecular formula is C34H30O11. The molecule has 0 atom stereocenters. The molecule has 232 valence electrons. The molecule has 2 heterocycles. The minimum Gasteiger partial charge on any atom is -0.508 e. The molecule has 11 heteroatoms. The third-order valence-electron chi connectivity index (χ3n) is 8.10. The summed E-state index contributed by atoms with van der Waals surface area (Å²) in [5, 5.41) is 42.6. The summed E-state index contributed by atoms with van der Waals surface area (Å²) >= 11 is 0. The van der Waals surface area contributed by atoms with E-state index in [0.29, 0.717) is 33.4 Å². The van der Waals surface area contributed by atoms with Crippen LogP contribution < -0.4 is 18.9 Å². The number of ether oxygens (including phenoxy) is 5. The Morgan fingerprint density at radius 3 is 1.22 bits per heavy atom. The van der Waals surface area contributed by atoms with Crippen LogP contribution in [0.4, 0.5) is 0 Å². The van der Waals surface area contributed by atoms with Crippen LogP contribution in [0.15, 0.2) is 24.3 Å². The van der Waals surface area contributed by atoms with Crippen molar-refractivity contribution in [1.82, 2.24) is 0 Å². The van der Waals surface area contributed by atoms with Crippen LogP contribution in [0, 0.1) is 41.5 Å². The Bertz CT molecular complexity index is 1830. The molecule has 0 amide bonds. The summed E-state index contributed by atoms with van der Waals surface area (Å²) in [6.45, 7) is 9.21. The number of fused-ring (bicyclic) bond motifs is 4. The standard InChI is InChI=1S/C34H30O11/c1-13-7-23(37)19(31-25(13)33(39)44-29-17(5)21(35)9-15(3)27(29)42-31)11-41-12-20-24(38)8-14(2)26-32(20)43-28-16(4)10-22(36)18(6)30(28)45-34(26)40/h7-10,35-38H,11-12H2,1-6H3. The summed E-state index contributed by atoms with van der Waals surface area (Å²) in [7, 11) is 0. The molecule has 0 fully saturated rings. The zero-order valence-electron chi connectivity index (χ0n) is 25.4. The van der Waals surface area contributed by atoms with Gasteiger partial charge in [-0.1, -0.05) is 0 Å². The lowest BCUT2D eigenvalue weighted by atomic mass is 10.0. The van der Waals surface area contributed by atoms with Gasteiger partial charge in [0, 0.05) is 11.1 Å². The second-order valence-electron chi connectivity index (χ2n) is 11.3. The maximum atomic E-state index is 13.3. The van der Waals surface area contributed by atoms with Gasteiger partial charge < -0.3 is 44.1 Å². The molecular weight excluding hydrogens is 584 g/mol. The van der Waals surface area contributed by atoms with Crippen LogP contribution in [-0.4, -0.2) is 32.4 Å². The average Bonchev–Trinajstić information content (AvgIpc) is 3.22. The molecule has 2 aliphatic rings. The maximum Gasteiger partial charge on any atom is 0.347 e. The van der Waals surface area contributed by atoms with Crippen LogP contribution in [0.2, 0.25) is 0 Å².